The number of benzene rings is 1. The van der Waals surface area contributed by atoms with Crippen LogP contribution in [-0.2, 0) is 38.0 Å². The van der Waals surface area contributed by atoms with E-state index in [0.29, 0.717) is 13.2 Å². The second-order valence-electron chi connectivity index (χ2n) is 7.91. The summed E-state index contributed by atoms with van der Waals surface area (Å²) in [5.74, 6) is -3.30. The molecule has 0 radical (unpaired) electrons. The number of carbonyl (C=O) groups is 4. The molecule has 10 nitrogen and oxygen atoms in total. The number of hydrogen-bond donors (Lipinski definition) is 0. The third-order valence-corrected chi connectivity index (χ3v) is 4.83. The van der Waals surface area contributed by atoms with Gasteiger partial charge >= 0.3 is 23.9 Å². The van der Waals surface area contributed by atoms with E-state index in [2.05, 4.69) is 0 Å². The van der Waals surface area contributed by atoms with Gasteiger partial charge in [-0.25, -0.2) is 19.2 Å². The lowest BCUT2D eigenvalue weighted by Gasteiger charge is -2.16. The van der Waals surface area contributed by atoms with Gasteiger partial charge in [0.2, 0.25) is 0 Å². The molecule has 1 aromatic rings. The van der Waals surface area contributed by atoms with Gasteiger partial charge < -0.3 is 28.4 Å². The summed E-state index contributed by atoms with van der Waals surface area (Å²) in [5.41, 5.74) is -0.232. The topological polar surface area (TPSA) is 124 Å². The van der Waals surface area contributed by atoms with Crippen molar-refractivity contribution in [2.24, 2.45) is 0 Å². The van der Waals surface area contributed by atoms with Crippen LogP contribution in [0.25, 0.3) is 0 Å². The van der Waals surface area contributed by atoms with Crippen LogP contribution in [0, 0.1) is 0 Å². The van der Waals surface area contributed by atoms with E-state index in [1.165, 1.54) is 38.1 Å². The minimum Gasteiger partial charge on any atom is -0.461 e. The van der Waals surface area contributed by atoms with Crippen LogP contribution in [0.15, 0.2) is 24.3 Å². The predicted molar refractivity (Wildman–Crippen MR) is 130 cm³/mol. The highest BCUT2D eigenvalue weighted by Crippen LogP contribution is 2.15. The fourth-order valence-electron chi connectivity index (χ4n) is 2.72. The maximum absolute atomic E-state index is 12.6. The van der Waals surface area contributed by atoms with E-state index in [1.807, 2.05) is 13.8 Å². The first-order valence-corrected chi connectivity index (χ1v) is 12.3. The summed E-state index contributed by atoms with van der Waals surface area (Å²) in [6.45, 7) is 8.52. The lowest BCUT2D eigenvalue weighted by Crippen LogP contribution is -2.29. The zero-order valence-electron chi connectivity index (χ0n) is 21.6. The van der Waals surface area contributed by atoms with Gasteiger partial charge in [-0.2, -0.15) is 0 Å². The number of ether oxygens (including phenoxy) is 6. The van der Waals surface area contributed by atoms with E-state index in [1.54, 1.807) is 0 Å². The van der Waals surface area contributed by atoms with Crippen molar-refractivity contribution in [3.8, 4) is 0 Å². The Morgan fingerprint density at radius 1 is 0.639 bits per heavy atom. The Kier molecular flexibility index (Phi) is 15.8. The van der Waals surface area contributed by atoms with Crippen molar-refractivity contribution < 1.29 is 47.6 Å². The molecule has 0 saturated heterocycles. The van der Waals surface area contributed by atoms with Crippen LogP contribution in [0.5, 0.6) is 0 Å². The van der Waals surface area contributed by atoms with Gasteiger partial charge in [0.25, 0.3) is 0 Å². The van der Waals surface area contributed by atoms with E-state index in [9.17, 15) is 19.2 Å². The van der Waals surface area contributed by atoms with Crippen LogP contribution in [0.1, 0.15) is 74.1 Å². The number of hydrogen-bond acceptors (Lipinski definition) is 10. The first-order chi connectivity index (χ1) is 17.3. The van der Waals surface area contributed by atoms with Gasteiger partial charge in [-0.3, -0.25) is 0 Å². The van der Waals surface area contributed by atoms with E-state index in [0.717, 1.165) is 25.7 Å². The molecule has 0 aromatic heterocycles. The monoisotopic (exact) mass is 510 g/mol. The summed E-state index contributed by atoms with van der Waals surface area (Å²) in [4.78, 5) is 49.5. The van der Waals surface area contributed by atoms with Crippen LogP contribution in [0.3, 0.4) is 0 Å². The fourth-order valence-corrected chi connectivity index (χ4v) is 2.72. The van der Waals surface area contributed by atoms with Gasteiger partial charge in [-0.05, 0) is 38.8 Å². The smallest absolute Gasteiger partial charge is 0.347 e. The molecule has 0 N–H and O–H groups in total. The molecule has 10 heteroatoms. The maximum Gasteiger partial charge on any atom is 0.347 e. The first kappa shape index (κ1) is 31.1. The number of carbonyl (C=O) groups excluding carboxylic acids is 4. The Morgan fingerprint density at radius 3 is 1.39 bits per heavy atom. The number of unbranched alkanes of at least 4 members (excludes halogenated alkanes) is 2. The largest absolute Gasteiger partial charge is 0.461 e. The zero-order valence-corrected chi connectivity index (χ0v) is 21.6. The molecule has 0 aliphatic heterocycles. The van der Waals surface area contributed by atoms with Crippen LogP contribution in [-0.4, -0.2) is 75.7 Å². The van der Waals surface area contributed by atoms with Crippen molar-refractivity contribution in [3.63, 3.8) is 0 Å². The Bertz CT molecular complexity index is 756. The molecule has 1 rings (SSSR count). The van der Waals surface area contributed by atoms with Crippen molar-refractivity contribution in [3.05, 3.63) is 35.4 Å². The Labute approximate surface area is 212 Å². The van der Waals surface area contributed by atoms with Gasteiger partial charge in [-0.1, -0.05) is 38.8 Å². The van der Waals surface area contributed by atoms with Crippen molar-refractivity contribution in [1.82, 2.24) is 0 Å². The van der Waals surface area contributed by atoms with Crippen molar-refractivity contribution >= 4 is 23.9 Å². The molecule has 0 saturated carbocycles. The van der Waals surface area contributed by atoms with E-state index < -0.39 is 36.1 Å². The fraction of sp³-hybridized carbons (Fsp3) is 0.615. The molecule has 1 aromatic carbocycles. The van der Waals surface area contributed by atoms with Gasteiger partial charge in [0, 0.05) is 13.2 Å². The maximum atomic E-state index is 12.6. The first-order valence-electron chi connectivity index (χ1n) is 12.3. The molecule has 0 amide bonds. The highest BCUT2D eigenvalue weighted by atomic mass is 16.6. The van der Waals surface area contributed by atoms with Crippen LogP contribution in [0.2, 0.25) is 0 Å². The average molecular weight is 511 g/mol. The standard InChI is InChI=1S/C26H38O10/c1-5-7-13-31-15-17-33-23(27)19(3)35-25(29)21-11-9-10-12-22(21)26(30)36-20(4)24(28)34-18-16-32-14-8-6-2/h9-12,19-20H,5-8,13-18H2,1-4H3. The minimum absolute atomic E-state index is 0.0339. The Balaban J connectivity index is 2.57. The molecular formula is C26H38O10. The molecule has 0 bridgehead atoms. The molecule has 0 spiro atoms. The van der Waals surface area contributed by atoms with Crippen LogP contribution in [0.4, 0.5) is 0 Å². The molecule has 36 heavy (non-hydrogen) atoms. The highest BCUT2D eigenvalue weighted by Gasteiger charge is 2.26. The summed E-state index contributed by atoms with van der Waals surface area (Å²) >= 11 is 0. The summed E-state index contributed by atoms with van der Waals surface area (Å²) in [5, 5.41) is 0. The van der Waals surface area contributed by atoms with Crippen LogP contribution >= 0.6 is 0 Å². The van der Waals surface area contributed by atoms with Crippen molar-refractivity contribution in [2.75, 3.05) is 39.6 Å². The van der Waals surface area contributed by atoms with Gasteiger partial charge in [0.15, 0.2) is 12.2 Å². The third kappa shape index (κ3) is 12.1. The SMILES string of the molecule is CCCCOCCOC(=O)C(C)OC(=O)c1ccccc1C(=O)OC(C)C(=O)OCCOCCCC. The molecule has 202 valence electrons. The second-order valence-corrected chi connectivity index (χ2v) is 7.91. The Morgan fingerprint density at radius 2 is 1.03 bits per heavy atom. The zero-order chi connectivity index (χ0) is 26.8. The number of esters is 4. The van der Waals surface area contributed by atoms with Gasteiger partial charge in [-0.15, -0.1) is 0 Å². The van der Waals surface area contributed by atoms with E-state index in [4.69, 9.17) is 28.4 Å². The summed E-state index contributed by atoms with van der Waals surface area (Å²) in [6.07, 6.45) is 1.42. The quantitative estimate of drug-likeness (QED) is 0.165. The highest BCUT2D eigenvalue weighted by molar-refractivity contribution is 6.04. The van der Waals surface area contributed by atoms with E-state index >= 15 is 0 Å². The summed E-state index contributed by atoms with van der Waals surface area (Å²) in [7, 11) is 0. The normalized spacial score (nSPS) is 12.3. The number of rotatable bonds is 18. The summed E-state index contributed by atoms with van der Waals surface area (Å²) in [6, 6.07) is 5.77. The molecule has 2 atom stereocenters. The average Bonchev–Trinajstić information content (AvgIpc) is 2.87. The van der Waals surface area contributed by atoms with Gasteiger partial charge in [0.1, 0.15) is 13.2 Å². The van der Waals surface area contributed by atoms with Gasteiger partial charge in [0.05, 0.1) is 24.3 Å². The molecule has 0 fully saturated rings. The molecule has 0 aliphatic carbocycles. The molecular weight excluding hydrogens is 472 g/mol. The molecule has 2 unspecified atom stereocenters. The minimum atomic E-state index is -1.20. The predicted octanol–water partition coefficient (Wildman–Crippen LogP) is 3.50. The lowest BCUT2D eigenvalue weighted by molar-refractivity contribution is -0.155. The van der Waals surface area contributed by atoms with Crippen LogP contribution < -0.4 is 0 Å². The lowest BCUT2D eigenvalue weighted by atomic mass is 10.1. The molecule has 0 heterocycles. The van der Waals surface area contributed by atoms with E-state index in [-0.39, 0.29) is 37.6 Å². The van der Waals surface area contributed by atoms with Crippen molar-refractivity contribution in [2.45, 2.75) is 65.6 Å². The second kappa shape index (κ2) is 18.3. The molecule has 0 aliphatic rings. The summed E-state index contributed by atoms with van der Waals surface area (Å²) < 4.78 is 31.0. The Hall–Kier alpha value is -2.98. The van der Waals surface area contributed by atoms with Crippen molar-refractivity contribution in [1.29, 1.82) is 0 Å². The third-order valence-electron chi connectivity index (χ3n) is 4.83.